The van der Waals surface area contributed by atoms with E-state index in [1.54, 1.807) is 0 Å². The average molecular weight is 340 g/mol. The molecule has 0 radical (unpaired) electrons. The fraction of sp³-hybridized carbons (Fsp3) is 0.500. The standard InChI is InChI=1S/C20H28N4O/c1-15(2)18-12-19(23-22-18)20(25)21-13-17-10-6-7-11-24(17)14-16-8-4-3-5-9-16/h3-5,8-9,12,15,17H,6-7,10-11,13-14H2,1-2H3,(H,21,25)(H,22,23). The van der Waals surface area contributed by atoms with Gasteiger partial charge in [0.15, 0.2) is 0 Å². The molecule has 1 aliphatic rings. The highest BCUT2D eigenvalue weighted by Crippen LogP contribution is 2.19. The van der Waals surface area contributed by atoms with Crippen LogP contribution in [-0.4, -0.2) is 40.1 Å². The highest BCUT2D eigenvalue weighted by Gasteiger charge is 2.23. The Morgan fingerprint density at radius 3 is 2.84 bits per heavy atom. The number of nitrogens with one attached hydrogen (secondary N) is 2. The van der Waals surface area contributed by atoms with Crippen molar-refractivity contribution in [2.45, 2.75) is 51.6 Å². The molecular formula is C20H28N4O. The van der Waals surface area contributed by atoms with Gasteiger partial charge >= 0.3 is 0 Å². The van der Waals surface area contributed by atoms with E-state index in [1.807, 2.05) is 12.1 Å². The maximum Gasteiger partial charge on any atom is 0.271 e. The smallest absolute Gasteiger partial charge is 0.271 e. The number of amides is 1. The second kappa shape index (κ2) is 8.30. The Hall–Kier alpha value is -2.14. The van der Waals surface area contributed by atoms with Crippen molar-refractivity contribution in [1.29, 1.82) is 0 Å². The van der Waals surface area contributed by atoms with Crippen molar-refractivity contribution in [1.82, 2.24) is 20.4 Å². The lowest BCUT2D eigenvalue weighted by Gasteiger charge is -2.35. The highest BCUT2D eigenvalue weighted by molar-refractivity contribution is 5.92. The van der Waals surface area contributed by atoms with Crippen molar-refractivity contribution in [2.75, 3.05) is 13.1 Å². The molecular weight excluding hydrogens is 312 g/mol. The molecule has 1 amide bonds. The third-order valence-electron chi connectivity index (χ3n) is 4.93. The number of aromatic amines is 1. The van der Waals surface area contributed by atoms with Crippen LogP contribution in [0.4, 0.5) is 0 Å². The maximum atomic E-state index is 12.4. The molecule has 1 aliphatic heterocycles. The third kappa shape index (κ3) is 4.69. The van der Waals surface area contributed by atoms with Gasteiger partial charge < -0.3 is 5.32 Å². The number of nitrogens with zero attached hydrogens (tertiary/aromatic N) is 2. The van der Waals surface area contributed by atoms with Gasteiger partial charge in [0.05, 0.1) is 0 Å². The van der Waals surface area contributed by atoms with E-state index in [1.165, 1.54) is 18.4 Å². The summed E-state index contributed by atoms with van der Waals surface area (Å²) >= 11 is 0. The molecule has 1 unspecified atom stereocenters. The predicted molar refractivity (Wildman–Crippen MR) is 99.5 cm³/mol. The lowest BCUT2D eigenvalue weighted by atomic mass is 10.0. The van der Waals surface area contributed by atoms with Crippen LogP contribution in [0.15, 0.2) is 36.4 Å². The van der Waals surface area contributed by atoms with Gasteiger partial charge in [-0.1, -0.05) is 50.6 Å². The number of H-pyrrole nitrogens is 1. The Labute approximate surface area is 149 Å². The summed E-state index contributed by atoms with van der Waals surface area (Å²) in [6.07, 6.45) is 3.59. The molecule has 0 aliphatic carbocycles. The van der Waals surface area contributed by atoms with Crippen LogP contribution in [0.3, 0.4) is 0 Å². The zero-order chi connectivity index (χ0) is 17.6. The molecule has 5 nitrogen and oxygen atoms in total. The first kappa shape index (κ1) is 17.7. The Kier molecular flexibility index (Phi) is 5.87. The molecule has 5 heteroatoms. The van der Waals surface area contributed by atoms with Crippen LogP contribution in [0.25, 0.3) is 0 Å². The summed E-state index contributed by atoms with van der Waals surface area (Å²) in [5.74, 6) is 0.252. The van der Waals surface area contributed by atoms with E-state index in [0.717, 1.165) is 25.2 Å². The minimum Gasteiger partial charge on any atom is -0.349 e. The van der Waals surface area contributed by atoms with E-state index in [-0.39, 0.29) is 5.91 Å². The molecule has 1 aromatic heterocycles. The van der Waals surface area contributed by atoms with E-state index < -0.39 is 0 Å². The lowest BCUT2D eigenvalue weighted by molar-refractivity contribution is 0.0903. The van der Waals surface area contributed by atoms with Gasteiger partial charge in [0.1, 0.15) is 5.69 Å². The lowest BCUT2D eigenvalue weighted by Crippen LogP contribution is -2.46. The second-order valence-corrected chi connectivity index (χ2v) is 7.18. The summed E-state index contributed by atoms with van der Waals surface area (Å²) in [5.41, 5.74) is 2.80. The number of hydrogen-bond acceptors (Lipinski definition) is 3. The average Bonchev–Trinajstić information content (AvgIpc) is 3.12. The molecule has 2 heterocycles. The topological polar surface area (TPSA) is 61.0 Å². The molecule has 1 saturated heterocycles. The van der Waals surface area contributed by atoms with E-state index in [4.69, 9.17) is 0 Å². The maximum absolute atomic E-state index is 12.4. The number of piperidine rings is 1. The summed E-state index contributed by atoms with van der Waals surface area (Å²) in [5, 5.41) is 10.2. The number of aromatic nitrogens is 2. The first-order valence-corrected chi connectivity index (χ1v) is 9.25. The molecule has 1 aromatic carbocycles. The highest BCUT2D eigenvalue weighted by atomic mass is 16.1. The van der Waals surface area contributed by atoms with Gasteiger partial charge in [0.25, 0.3) is 5.91 Å². The number of benzene rings is 1. The van der Waals surface area contributed by atoms with Gasteiger partial charge in [-0.2, -0.15) is 5.10 Å². The minimum atomic E-state index is -0.0895. The van der Waals surface area contributed by atoms with Crippen LogP contribution < -0.4 is 5.32 Å². The van der Waals surface area contributed by atoms with E-state index in [2.05, 4.69) is 58.5 Å². The van der Waals surface area contributed by atoms with Gasteiger partial charge in [-0.25, -0.2) is 0 Å². The summed E-state index contributed by atoms with van der Waals surface area (Å²) in [7, 11) is 0. The fourth-order valence-corrected chi connectivity index (χ4v) is 3.37. The molecule has 1 fully saturated rings. The molecule has 2 aromatic rings. The number of carbonyl (C=O) groups is 1. The van der Waals surface area contributed by atoms with Crippen molar-refractivity contribution < 1.29 is 4.79 Å². The Bertz CT molecular complexity index is 680. The van der Waals surface area contributed by atoms with Crippen LogP contribution in [-0.2, 0) is 6.54 Å². The van der Waals surface area contributed by atoms with Gasteiger partial charge in [-0.3, -0.25) is 14.8 Å². The Morgan fingerprint density at radius 2 is 2.12 bits per heavy atom. The fourth-order valence-electron chi connectivity index (χ4n) is 3.37. The first-order chi connectivity index (χ1) is 12.1. The Morgan fingerprint density at radius 1 is 1.32 bits per heavy atom. The Balaban J connectivity index is 1.56. The number of likely N-dealkylation sites (tertiary alicyclic amines) is 1. The van der Waals surface area contributed by atoms with E-state index >= 15 is 0 Å². The third-order valence-corrected chi connectivity index (χ3v) is 4.93. The van der Waals surface area contributed by atoms with Crippen LogP contribution in [0.2, 0.25) is 0 Å². The predicted octanol–water partition coefficient (Wildman–Crippen LogP) is 3.32. The van der Waals surface area contributed by atoms with Crippen molar-refractivity contribution in [3.63, 3.8) is 0 Å². The van der Waals surface area contributed by atoms with Crippen LogP contribution in [0.5, 0.6) is 0 Å². The van der Waals surface area contributed by atoms with E-state index in [9.17, 15) is 4.79 Å². The molecule has 1 atom stereocenters. The van der Waals surface area contributed by atoms with Gasteiger partial charge in [-0.15, -0.1) is 0 Å². The SMILES string of the molecule is CC(C)c1cc(C(=O)NCC2CCCCN2Cc2ccccc2)n[nH]1. The van der Waals surface area contributed by atoms with Crippen LogP contribution in [0.1, 0.15) is 60.8 Å². The minimum absolute atomic E-state index is 0.0895. The van der Waals surface area contributed by atoms with Crippen LogP contribution >= 0.6 is 0 Å². The molecule has 0 spiro atoms. The van der Waals surface area contributed by atoms with Gasteiger partial charge in [0.2, 0.25) is 0 Å². The first-order valence-electron chi connectivity index (χ1n) is 9.25. The van der Waals surface area contributed by atoms with Crippen molar-refractivity contribution in [3.8, 4) is 0 Å². The number of rotatable bonds is 6. The molecule has 0 bridgehead atoms. The van der Waals surface area contributed by atoms with E-state index in [0.29, 0.717) is 24.2 Å². The molecule has 134 valence electrons. The molecule has 2 N–H and O–H groups in total. The monoisotopic (exact) mass is 340 g/mol. The molecule has 3 rings (SSSR count). The summed E-state index contributed by atoms with van der Waals surface area (Å²) in [4.78, 5) is 14.9. The summed E-state index contributed by atoms with van der Waals surface area (Å²) < 4.78 is 0. The second-order valence-electron chi connectivity index (χ2n) is 7.18. The summed E-state index contributed by atoms with van der Waals surface area (Å²) in [6, 6.07) is 12.8. The summed E-state index contributed by atoms with van der Waals surface area (Å²) in [6.45, 7) is 6.88. The van der Waals surface area contributed by atoms with Gasteiger partial charge in [-0.05, 0) is 36.9 Å². The number of carbonyl (C=O) groups excluding carboxylic acids is 1. The van der Waals surface area contributed by atoms with Crippen molar-refractivity contribution in [3.05, 3.63) is 53.3 Å². The largest absolute Gasteiger partial charge is 0.349 e. The quantitative estimate of drug-likeness (QED) is 0.848. The zero-order valence-corrected chi connectivity index (χ0v) is 15.2. The van der Waals surface area contributed by atoms with Crippen LogP contribution in [0, 0.1) is 0 Å². The molecule has 25 heavy (non-hydrogen) atoms. The number of hydrogen-bond donors (Lipinski definition) is 2. The van der Waals surface area contributed by atoms with Crippen molar-refractivity contribution >= 4 is 5.91 Å². The zero-order valence-electron chi connectivity index (χ0n) is 15.2. The van der Waals surface area contributed by atoms with Gasteiger partial charge in [0, 0.05) is 24.8 Å². The van der Waals surface area contributed by atoms with Crippen molar-refractivity contribution in [2.24, 2.45) is 0 Å². The molecule has 0 saturated carbocycles. The normalized spacial score (nSPS) is 18.4.